The first kappa shape index (κ1) is 11.6. The van der Waals surface area contributed by atoms with E-state index in [2.05, 4.69) is 9.84 Å². The van der Waals surface area contributed by atoms with E-state index in [1.165, 1.54) is 17.9 Å². The third kappa shape index (κ3) is 3.01. The second-order valence-corrected chi connectivity index (χ2v) is 4.22. The molecule has 0 radical (unpaired) electrons. The van der Waals surface area contributed by atoms with Crippen molar-refractivity contribution < 1.29 is 21.8 Å². The largest absolute Gasteiger partial charge is 0.464 e. The van der Waals surface area contributed by atoms with Crippen molar-refractivity contribution >= 4 is 16.2 Å². The highest BCUT2D eigenvalue weighted by Gasteiger charge is 2.21. The Balaban J connectivity index is 3.12. The Morgan fingerprint density at radius 1 is 1.67 bits per heavy atom. The molecule has 1 rings (SSSR count). The van der Waals surface area contributed by atoms with Crippen molar-refractivity contribution in [1.29, 1.82) is 0 Å². The minimum absolute atomic E-state index is 0.0214. The first-order chi connectivity index (χ1) is 6.83. The number of halogens is 1. The van der Waals surface area contributed by atoms with E-state index in [-0.39, 0.29) is 11.3 Å². The number of carbonyl (C=O) groups is 1. The SMILES string of the molecule is COC(=O)c1nn(C)cc1CS(=O)(=O)F. The normalized spacial score (nSPS) is 11.4. The summed E-state index contributed by atoms with van der Waals surface area (Å²) in [6, 6.07) is 0. The fraction of sp³-hybridized carbons (Fsp3) is 0.429. The first-order valence-electron chi connectivity index (χ1n) is 3.86. The molecule has 1 aromatic rings. The van der Waals surface area contributed by atoms with Gasteiger partial charge in [-0.15, -0.1) is 3.89 Å². The van der Waals surface area contributed by atoms with Crippen LogP contribution in [0.15, 0.2) is 6.20 Å². The molecule has 0 aliphatic carbocycles. The average molecular weight is 236 g/mol. The summed E-state index contributed by atoms with van der Waals surface area (Å²) in [5.41, 5.74) is -0.215. The van der Waals surface area contributed by atoms with E-state index >= 15 is 0 Å². The molecule has 0 fully saturated rings. The molecule has 84 valence electrons. The summed E-state index contributed by atoms with van der Waals surface area (Å²) < 4.78 is 38.8. The van der Waals surface area contributed by atoms with Crippen LogP contribution in [0.25, 0.3) is 0 Å². The fourth-order valence-corrected chi connectivity index (χ4v) is 1.68. The highest BCUT2D eigenvalue weighted by atomic mass is 32.3. The van der Waals surface area contributed by atoms with Gasteiger partial charge in [0.05, 0.1) is 7.11 Å². The molecule has 0 N–H and O–H groups in total. The molecule has 0 atom stereocenters. The van der Waals surface area contributed by atoms with Crippen molar-refractivity contribution in [1.82, 2.24) is 9.78 Å². The highest BCUT2D eigenvalue weighted by molar-refractivity contribution is 7.85. The molecule has 0 aliphatic heterocycles. The van der Waals surface area contributed by atoms with Crippen LogP contribution in [0, 0.1) is 0 Å². The van der Waals surface area contributed by atoms with Gasteiger partial charge < -0.3 is 4.74 Å². The van der Waals surface area contributed by atoms with E-state index in [1.54, 1.807) is 0 Å². The van der Waals surface area contributed by atoms with Gasteiger partial charge in [0.1, 0.15) is 5.75 Å². The van der Waals surface area contributed by atoms with E-state index in [9.17, 15) is 17.1 Å². The summed E-state index contributed by atoms with van der Waals surface area (Å²) in [6.45, 7) is 0. The van der Waals surface area contributed by atoms with E-state index in [0.717, 1.165) is 7.11 Å². The lowest BCUT2D eigenvalue weighted by Crippen LogP contribution is -2.07. The zero-order chi connectivity index (χ0) is 11.6. The number of nitrogens with zero attached hydrogens (tertiary/aromatic N) is 2. The molecular formula is C7H9FN2O4S. The molecule has 0 unspecified atom stereocenters. The number of ether oxygens (including phenoxy) is 1. The van der Waals surface area contributed by atoms with Crippen molar-refractivity contribution in [2.45, 2.75) is 5.75 Å². The molecule has 8 heteroatoms. The minimum Gasteiger partial charge on any atom is -0.464 e. The van der Waals surface area contributed by atoms with Crippen LogP contribution in [0.5, 0.6) is 0 Å². The van der Waals surface area contributed by atoms with Crippen molar-refractivity contribution in [2.24, 2.45) is 7.05 Å². The van der Waals surface area contributed by atoms with E-state index in [0.29, 0.717) is 0 Å². The first-order valence-corrected chi connectivity index (χ1v) is 5.42. The molecule has 15 heavy (non-hydrogen) atoms. The molecule has 0 bridgehead atoms. The maximum atomic E-state index is 12.4. The lowest BCUT2D eigenvalue weighted by atomic mass is 10.3. The smallest absolute Gasteiger partial charge is 0.358 e. The number of methoxy groups -OCH3 is 1. The van der Waals surface area contributed by atoms with Crippen LogP contribution in [-0.4, -0.2) is 31.3 Å². The Bertz CT molecular complexity index is 479. The van der Waals surface area contributed by atoms with Gasteiger partial charge in [0.25, 0.3) is 0 Å². The van der Waals surface area contributed by atoms with E-state index < -0.39 is 21.9 Å². The van der Waals surface area contributed by atoms with Crippen LogP contribution in [0.2, 0.25) is 0 Å². The van der Waals surface area contributed by atoms with Gasteiger partial charge in [0, 0.05) is 18.8 Å². The zero-order valence-corrected chi connectivity index (χ0v) is 8.91. The van der Waals surface area contributed by atoms with Crippen LogP contribution in [-0.2, 0) is 27.8 Å². The molecule has 0 saturated heterocycles. The standard InChI is InChI=1S/C7H9FN2O4S/c1-10-3-5(4-15(8,12)13)6(9-10)7(11)14-2/h3H,4H2,1-2H3. The molecule has 0 aliphatic rings. The monoisotopic (exact) mass is 236 g/mol. The van der Waals surface area contributed by atoms with Crippen LogP contribution >= 0.6 is 0 Å². The summed E-state index contributed by atoms with van der Waals surface area (Å²) in [5.74, 6) is -1.68. The number of carbonyl (C=O) groups excluding carboxylic acids is 1. The van der Waals surface area contributed by atoms with Gasteiger partial charge in [-0.05, 0) is 0 Å². The van der Waals surface area contributed by atoms with Gasteiger partial charge in [-0.2, -0.15) is 13.5 Å². The van der Waals surface area contributed by atoms with Crippen molar-refractivity contribution in [3.63, 3.8) is 0 Å². The van der Waals surface area contributed by atoms with Crippen LogP contribution in [0.3, 0.4) is 0 Å². The Morgan fingerprint density at radius 2 is 2.27 bits per heavy atom. The summed E-state index contributed by atoms with van der Waals surface area (Å²) in [4.78, 5) is 11.1. The number of hydrogen-bond donors (Lipinski definition) is 0. The molecule has 1 heterocycles. The molecular weight excluding hydrogens is 227 g/mol. The Labute approximate surface area is 85.9 Å². The number of esters is 1. The van der Waals surface area contributed by atoms with Gasteiger partial charge in [-0.3, -0.25) is 4.68 Å². The summed E-state index contributed by atoms with van der Waals surface area (Å²) >= 11 is 0. The highest BCUT2D eigenvalue weighted by Crippen LogP contribution is 2.12. The van der Waals surface area contributed by atoms with Gasteiger partial charge in [-0.1, -0.05) is 0 Å². The topological polar surface area (TPSA) is 78.3 Å². The zero-order valence-electron chi connectivity index (χ0n) is 8.10. The molecule has 0 aromatic carbocycles. The Hall–Kier alpha value is -1.44. The Kier molecular flexibility index (Phi) is 3.08. The molecule has 6 nitrogen and oxygen atoms in total. The lowest BCUT2D eigenvalue weighted by molar-refractivity contribution is 0.0592. The number of aryl methyl sites for hydroxylation is 1. The van der Waals surface area contributed by atoms with Crippen molar-refractivity contribution in [3.8, 4) is 0 Å². The fourth-order valence-electron chi connectivity index (χ4n) is 1.10. The Morgan fingerprint density at radius 3 is 2.73 bits per heavy atom. The second-order valence-electron chi connectivity index (χ2n) is 2.85. The number of rotatable bonds is 3. The molecule has 0 spiro atoms. The van der Waals surface area contributed by atoms with Crippen LogP contribution in [0.1, 0.15) is 16.1 Å². The van der Waals surface area contributed by atoms with Gasteiger partial charge >= 0.3 is 16.2 Å². The summed E-state index contributed by atoms with van der Waals surface area (Å²) in [7, 11) is -2.07. The quantitative estimate of drug-likeness (QED) is 0.545. The van der Waals surface area contributed by atoms with Gasteiger partial charge in [0.2, 0.25) is 0 Å². The van der Waals surface area contributed by atoms with Crippen LogP contribution in [0.4, 0.5) is 3.89 Å². The lowest BCUT2D eigenvalue weighted by Gasteiger charge is -1.96. The average Bonchev–Trinajstić information content (AvgIpc) is 2.42. The van der Waals surface area contributed by atoms with Crippen LogP contribution < -0.4 is 0 Å². The third-order valence-electron chi connectivity index (χ3n) is 1.61. The van der Waals surface area contributed by atoms with Gasteiger partial charge in [-0.25, -0.2) is 4.79 Å². The minimum atomic E-state index is -4.69. The van der Waals surface area contributed by atoms with E-state index in [4.69, 9.17) is 0 Å². The molecule has 0 amide bonds. The van der Waals surface area contributed by atoms with Crippen molar-refractivity contribution in [3.05, 3.63) is 17.5 Å². The second kappa shape index (κ2) is 3.97. The molecule has 0 saturated carbocycles. The number of hydrogen-bond acceptors (Lipinski definition) is 5. The summed E-state index contributed by atoms with van der Waals surface area (Å²) in [6.07, 6.45) is 1.25. The maximum Gasteiger partial charge on any atom is 0.358 e. The predicted octanol–water partition coefficient (Wildman–Crippen LogP) is 0.00600. The molecule has 1 aromatic heterocycles. The van der Waals surface area contributed by atoms with E-state index in [1.807, 2.05) is 0 Å². The maximum absolute atomic E-state index is 12.4. The predicted molar refractivity (Wildman–Crippen MR) is 48.3 cm³/mol. The number of aromatic nitrogens is 2. The van der Waals surface area contributed by atoms with Crippen molar-refractivity contribution in [2.75, 3.05) is 7.11 Å². The summed E-state index contributed by atoms with van der Waals surface area (Å²) in [5, 5.41) is 3.68. The third-order valence-corrected chi connectivity index (χ3v) is 2.27. The van der Waals surface area contributed by atoms with Gasteiger partial charge in [0.15, 0.2) is 5.69 Å².